The molecule has 0 saturated carbocycles. The van der Waals surface area contributed by atoms with Gasteiger partial charge in [0.05, 0.1) is 18.2 Å². The first-order valence-corrected chi connectivity index (χ1v) is 10.4. The highest BCUT2D eigenvalue weighted by Gasteiger charge is 2.49. The van der Waals surface area contributed by atoms with Crippen molar-refractivity contribution in [3.05, 3.63) is 59.7 Å². The molecule has 2 fully saturated rings. The monoisotopic (exact) mass is 439 g/mol. The molecule has 0 aliphatic carbocycles. The van der Waals surface area contributed by atoms with Crippen LogP contribution < -0.4 is 14.8 Å². The number of halogens is 4. The van der Waals surface area contributed by atoms with Gasteiger partial charge >= 0.3 is 6.36 Å². The van der Waals surface area contributed by atoms with E-state index in [0.717, 1.165) is 24.9 Å². The van der Waals surface area contributed by atoms with Gasteiger partial charge in [-0.3, -0.25) is 0 Å². The molecule has 2 aromatic carbocycles. The standard InChI is InChI=1S/C23H25F4NO3/c24-10-12-29-20-8-7-18(31-23(25,26)27)13-19(20)17-14-22(30-15-17)9-4-11-28-21(22)16-5-2-1-3-6-16/h1-3,5-8,13,17,21,28H,4,9-12,14-15H2/t17-,21+,22-/m1/s1. The van der Waals surface area contributed by atoms with Gasteiger partial charge in [0.25, 0.3) is 0 Å². The predicted octanol–water partition coefficient (Wildman–Crippen LogP) is 5.30. The van der Waals surface area contributed by atoms with Gasteiger partial charge in [-0.25, -0.2) is 4.39 Å². The molecule has 1 spiro atoms. The second-order valence-corrected chi connectivity index (χ2v) is 7.96. The maximum absolute atomic E-state index is 12.7. The summed E-state index contributed by atoms with van der Waals surface area (Å²) in [6.45, 7) is 0.353. The average molecular weight is 439 g/mol. The van der Waals surface area contributed by atoms with Crippen molar-refractivity contribution < 1.29 is 31.8 Å². The van der Waals surface area contributed by atoms with Gasteiger partial charge in [-0.2, -0.15) is 0 Å². The predicted molar refractivity (Wildman–Crippen MR) is 107 cm³/mol. The molecular weight excluding hydrogens is 414 g/mol. The number of ether oxygens (including phenoxy) is 3. The summed E-state index contributed by atoms with van der Waals surface area (Å²) in [6, 6.07) is 13.9. The molecule has 3 atom stereocenters. The summed E-state index contributed by atoms with van der Waals surface area (Å²) in [6.07, 6.45) is -2.40. The summed E-state index contributed by atoms with van der Waals surface area (Å²) in [5, 5.41) is 3.55. The zero-order valence-electron chi connectivity index (χ0n) is 17.0. The maximum Gasteiger partial charge on any atom is 0.573 e. The molecule has 4 rings (SSSR count). The van der Waals surface area contributed by atoms with Crippen LogP contribution in [0.3, 0.4) is 0 Å². The lowest BCUT2D eigenvalue weighted by Gasteiger charge is -2.41. The minimum Gasteiger partial charge on any atom is -0.491 e. The zero-order chi connectivity index (χ0) is 21.9. The first-order valence-electron chi connectivity index (χ1n) is 10.4. The van der Waals surface area contributed by atoms with Crippen molar-refractivity contribution in [2.24, 2.45) is 0 Å². The molecule has 2 aliphatic heterocycles. The van der Waals surface area contributed by atoms with Crippen LogP contribution in [0, 0.1) is 0 Å². The highest BCUT2D eigenvalue weighted by atomic mass is 19.4. The molecule has 0 aromatic heterocycles. The van der Waals surface area contributed by atoms with E-state index >= 15 is 0 Å². The maximum atomic E-state index is 12.7. The number of benzene rings is 2. The Labute approximate surface area is 178 Å². The van der Waals surface area contributed by atoms with Crippen molar-refractivity contribution in [1.82, 2.24) is 5.32 Å². The quantitative estimate of drug-likeness (QED) is 0.620. The molecular formula is C23H25F4NO3. The van der Waals surface area contributed by atoms with Crippen LogP contribution in [-0.2, 0) is 4.74 Å². The fourth-order valence-electron chi connectivity index (χ4n) is 4.73. The molecule has 2 heterocycles. The van der Waals surface area contributed by atoms with E-state index in [9.17, 15) is 17.6 Å². The Hall–Kier alpha value is -2.32. The summed E-state index contributed by atoms with van der Waals surface area (Å²) in [5.41, 5.74) is 1.19. The number of alkyl halides is 4. The normalized spacial score (nSPS) is 26.2. The van der Waals surface area contributed by atoms with E-state index < -0.39 is 18.6 Å². The third kappa shape index (κ3) is 4.96. The van der Waals surface area contributed by atoms with Crippen molar-refractivity contribution in [2.45, 2.75) is 43.2 Å². The zero-order valence-corrected chi connectivity index (χ0v) is 17.0. The first-order chi connectivity index (χ1) is 14.9. The van der Waals surface area contributed by atoms with Crippen LogP contribution in [0.1, 0.15) is 42.3 Å². The van der Waals surface area contributed by atoms with Gasteiger partial charge in [0.2, 0.25) is 0 Å². The number of hydrogen-bond donors (Lipinski definition) is 1. The summed E-state index contributed by atoms with van der Waals surface area (Å²) in [5.74, 6) is -0.159. The minimum absolute atomic E-state index is 0.0164. The highest BCUT2D eigenvalue weighted by molar-refractivity contribution is 5.44. The average Bonchev–Trinajstić information content (AvgIpc) is 3.16. The van der Waals surface area contributed by atoms with Crippen molar-refractivity contribution in [3.63, 3.8) is 0 Å². The van der Waals surface area contributed by atoms with Gasteiger partial charge < -0.3 is 19.5 Å². The molecule has 168 valence electrons. The molecule has 0 bridgehead atoms. The molecule has 8 heteroatoms. The lowest BCUT2D eigenvalue weighted by atomic mass is 9.77. The topological polar surface area (TPSA) is 39.7 Å². The van der Waals surface area contributed by atoms with Crippen molar-refractivity contribution in [2.75, 3.05) is 26.4 Å². The Bertz CT molecular complexity index is 877. The molecule has 2 saturated heterocycles. The number of nitrogens with one attached hydrogen (secondary N) is 1. The third-order valence-electron chi connectivity index (χ3n) is 5.94. The van der Waals surface area contributed by atoms with E-state index in [2.05, 4.69) is 22.2 Å². The molecule has 2 aromatic rings. The molecule has 0 amide bonds. The second kappa shape index (κ2) is 9.04. The van der Waals surface area contributed by atoms with Crippen molar-refractivity contribution >= 4 is 0 Å². The Morgan fingerprint density at radius 1 is 1.13 bits per heavy atom. The molecule has 1 N–H and O–H groups in total. The molecule has 0 unspecified atom stereocenters. The summed E-state index contributed by atoms with van der Waals surface area (Å²) in [4.78, 5) is 0. The number of hydrogen-bond acceptors (Lipinski definition) is 4. The molecule has 31 heavy (non-hydrogen) atoms. The SMILES string of the molecule is FCCOc1ccc(OC(F)(F)F)cc1[C@H]1CO[C@]2(CCCN[C@H]2c2ccccc2)C1. The van der Waals surface area contributed by atoms with Gasteiger partial charge in [0, 0.05) is 11.5 Å². The van der Waals surface area contributed by atoms with E-state index in [1.54, 1.807) is 0 Å². The Balaban J connectivity index is 1.62. The highest BCUT2D eigenvalue weighted by Crippen LogP contribution is 2.50. The number of piperidine rings is 1. The Morgan fingerprint density at radius 2 is 1.94 bits per heavy atom. The van der Waals surface area contributed by atoms with Gasteiger partial charge in [0.1, 0.15) is 24.8 Å². The fourth-order valence-corrected chi connectivity index (χ4v) is 4.73. The van der Waals surface area contributed by atoms with Crippen LogP contribution in [0.5, 0.6) is 11.5 Å². The van der Waals surface area contributed by atoms with Crippen LogP contribution in [0.4, 0.5) is 17.6 Å². The van der Waals surface area contributed by atoms with E-state index in [-0.39, 0.29) is 24.3 Å². The van der Waals surface area contributed by atoms with Crippen LogP contribution in [-0.4, -0.2) is 38.4 Å². The lowest BCUT2D eigenvalue weighted by molar-refractivity contribution is -0.274. The van der Waals surface area contributed by atoms with Crippen molar-refractivity contribution in [1.29, 1.82) is 0 Å². The van der Waals surface area contributed by atoms with E-state index in [4.69, 9.17) is 9.47 Å². The third-order valence-corrected chi connectivity index (χ3v) is 5.94. The molecule has 0 radical (unpaired) electrons. The largest absolute Gasteiger partial charge is 0.573 e. The smallest absolute Gasteiger partial charge is 0.491 e. The van der Waals surface area contributed by atoms with Crippen LogP contribution >= 0.6 is 0 Å². The van der Waals surface area contributed by atoms with Crippen LogP contribution in [0.15, 0.2) is 48.5 Å². The van der Waals surface area contributed by atoms with Crippen LogP contribution in [0.25, 0.3) is 0 Å². The molecule has 2 aliphatic rings. The van der Waals surface area contributed by atoms with Gasteiger partial charge in [-0.1, -0.05) is 30.3 Å². The van der Waals surface area contributed by atoms with E-state index in [0.29, 0.717) is 24.3 Å². The van der Waals surface area contributed by atoms with E-state index in [1.165, 1.54) is 18.2 Å². The fraction of sp³-hybridized carbons (Fsp3) is 0.478. The first kappa shape index (κ1) is 21.9. The van der Waals surface area contributed by atoms with Gasteiger partial charge in [-0.15, -0.1) is 13.2 Å². The Morgan fingerprint density at radius 3 is 2.68 bits per heavy atom. The molecule has 4 nitrogen and oxygen atoms in total. The van der Waals surface area contributed by atoms with Gasteiger partial charge in [-0.05, 0) is 49.6 Å². The summed E-state index contributed by atoms with van der Waals surface area (Å²) in [7, 11) is 0. The second-order valence-electron chi connectivity index (χ2n) is 7.96. The minimum atomic E-state index is -4.79. The van der Waals surface area contributed by atoms with Gasteiger partial charge in [0.15, 0.2) is 0 Å². The number of rotatable bonds is 6. The van der Waals surface area contributed by atoms with Crippen LogP contribution in [0.2, 0.25) is 0 Å². The van der Waals surface area contributed by atoms with E-state index in [1.807, 2.05) is 18.2 Å². The summed E-state index contributed by atoms with van der Waals surface area (Å²) >= 11 is 0. The lowest BCUT2D eigenvalue weighted by Crippen LogP contribution is -2.48. The van der Waals surface area contributed by atoms with Crippen molar-refractivity contribution in [3.8, 4) is 11.5 Å². The Kier molecular flexibility index (Phi) is 6.39. The summed E-state index contributed by atoms with van der Waals surface area (Å²) < 4.78 is 66.9.